The molecule has 158 valence electrons. The number of carbonyl (C=O) groups excluding carboxylic acids is 1. The highest BCUT2D eigenvalue weighted by molar-refractivity contribution is 7.89. The number of aryl methyl sites for hydroxylation is 1. The summed E-state index contributed by atoms with van der Waals surface area (Å²) in [5, 5.41) is 11.9. The number of nitrogens with one attached hydrogen (secondary N) is 1. The smallest absolute Gasteiger partial charge is 0.243 e. The standard InChI is InChI=1S/C22H25N3O4S/c1-16-6-3-10-21(17(16)2)24-22(26)15-25(14-19-8-5-11-29-19)30(27,28)20-9-4-7-18(12-20)13-23/h3-4,6-7,9-10,12,19H,5,8,11,14-15H2,1-2H3,(H,24,26). The van der Waals surface area contributed by atoms with Crippen molar-refractivity contribution in [1.82, 2.24) is 4.31 Å². The van der Waals surface area contributed by atoms with E-state index < -0.39 is 15.9 Å². The quantitative estimate of drug-likeness (QED) is 0.732. The van der Waals surface area contributed by atoms with E-state index in [1.54, 1.807) is 6.07 Å². The minimum absolute atomic E-state index is 0.0147. The summed E-state index contributed by atoms with van der Waals surface area (Å²) >= 11 is 0. The van der Waals surface area contributed by atoms with E-state index in [4.69, 9.17) is 10.00 Å². The molecule has 30 heavy (non-hydrogen) atoms. The van der Waals surface area contributed by atoms with Gasteiger partial charge in [0.15, 0.2) is 0 Å². The van der Waals surface area contributed by atoms with E-state index in [-0.39, 0.29) is 29.7 Å². The summed E-state index contributed by atoms with van der Waals surface area (Å²) in [6, 6.07) is 13.3. The molecule has 7 nitrogen and oxygen atoms in total. The van der Waals surface area contributed by atoms with Crippen LogP contribution in [0.2, 0.25) is 0 Å². The van der Waals surface area contributed by atoms with Crippen molar-refractivity contribution in [3.63, 3.8) is 0 Å². The van der Waals surface area contributed by atoms with E-state index in [9.17, 15) is 13.2 Å². The summed E-state index contributed by atoms with van der Waals surface area (Å²) in [5.41, 5.74) is 2.86. The van der Waals surface area contributed by atoms with Gasteiger partial charge in [0.25, 0.3) is 0 Å². The molecular formula is C22H25N3O4S. The average molecular weight is 428 g/mol. The Morgan fingerprint density at radius 2 is 2.03 bits per heavy atom. The molecule has 1 amide bonds. The lowest BCUT2D eigenvalue weighted by Crippen LogP contribution is -2.42. The van der Waals surface area contributed by atoms with Gasteiger partial charge in [0.2, 0.25) is 15.9 Å². The van der Waals surface area contributed by atoms with Gasteiger partial charge >= 0.3 is 0 Å². The number of sulfonamides is 1. The fourth-order valence-electron chi connectivity index (χ4n) is 3.37. The second-order valence-corrected chi connectivity index (χ2v) is 9.31. The van der Waals surface area contributed by atoms with Gasteiger partial charge in [-0.1, -0.05) is 18.2 Å². The van der Waals surface area contributed by atoms with Gasteiger partial charge in [-0.15, -0.1) is 0 Å². The molecule has 8 heteroatoms. The lowest BCUT2D eigenvalue weighted by atomic mass is 10.1. The Morgan fingerprint density at radius 3 is 2.73 bits per heavy atom. The number of benzene rings is 2. The molecule has 1 fully saturated rings. The van der Waals surface area contributed by atoms with Gasteiger partial charge < -0.3 is 10.1 Å². The molecule has 2 aromatic rings. The van der Waals surface area contributed by atoms with Crippen molar-refractivity contribution < 1.29 is 17.9 Å². The zero-order chi connectivity index (χ0) is 21.7. The van der Waals surface area contributed by atoms with Crippen LogP contribution in [0.15, 0.2) is 47.4 Å². The van der Waals surface area contributed by atoms with Crippen molar-refractivity contribution in [3.05, 3.63) is 59.2 Å². The minimum Gasteiger partial charge on any atom is -0.377 e. The maximum absolute atomic E-state index is 13.3. The van der Waals surface area contributed by atoms with E-state index in [0.717, 1.165) is 28.3 Å². The van der Waals surface area contributed by atoms with Gasteiger partial charge in [0, 0.05) is 18.8 Å². The van der Waals surface area contributed by atoms with Crippen molar-refractivity contribution in [3.8, 4) is 6.07 Å². The maximum Gasteiger partial charge on any atom is 0.243 e. The summed E-state index contributed by atoms with van der Waals surface area (Å²) in [5.74, 6) is -0.429. The molecule has 0 aliphatic carbocycles. The van der Waals surface area contributed by atoms with Crippen LogP contribution in [0.4, 0.5) is 5.69 Å². The van der Waals surface area contributed by atoms with E-state index in [0.29, 0.717) is 12.3 Å². The molecule has 1 aliphatic rings. The normalized spacial score (nSPS) is 16.4. The lowest BCUT2D eigenvalue weighted by Gasteiger charge is -2.24. The molecule has 0 bridgehead atoms. The van der Waals surface area contributed by atoms with Crippen molar-refractivity contribution in [2.45, 2.75) is 37.7 Å². The third-order valence-electron chi connectivity index (χ3n) is 5.23. The number of nitriles is 1. The zero-order valence-corrected chi connectivity index (χ0v) is 17.9. The van der Waals surface area contributed by atoms with Crippen LogP contribution in [0, 0.1) is 25.2 Å². The van der Waals surface area contributed by atoms with E-state index in [1.807, 2.05) is 32.0 Å². The molecule has 1 atom stereocenters. The number of nitrogens with zero attached hydrogens (tertiary/aromatic N) is 2. The summed E-state index contributed by atoms with van der Waals surface area (Å²) in [6.45, 7) is 4.17. The number of hydrogen-bond donors (Lipinski definition) is 1. The lowest BCUT2D eigenvalue weighted by molar-refractivity contribution is -0.116. The Balaban J connectivity index is 1.85. The fraction of sp³-hybridized carbons (Fsp3) is 0.364. The van der Waals surface area contributed by atoms with Gasteiger partial charge in [-0.25, -0.2) is 8.42 Å². The number of rotatable bonds is 7. The number of carbonyl (C=O) groups is 1. The van der Waals surface area contributed by atoms with Crippen LogP contribution in [0.3, 0.4) is 0 Å². The van der Waals surface area contributed by atoms with Gasteiger partial charge in [0.1, 0.15) is 0 Å². The van der Waals surface area contributed by atoms with Crippen LogP contribution in [0.1, 0.15) is 29.5 Å². The summed E-state index contributed by atoms with van der Waals surface area (Å²) in [7, 11) is -3.99. The molecule has 0 radical (unpaired) electrons. The number of ether oxygens (including phenoxy) is 1. The first-order valence-corrected chi connectivity index (χ1v) is 11.2. The molecule has 0 saturated carbocycles. The number of anilines is 1. The first-order chi connectivity index (χ1) is 14.3. The maximum atomic E-state index is 13.3. The first-order valence-electron chi connectivity index (χ1n) is 9.79. The van der Waals surface area contributed by atoms with Crippen LogP contribution >= 0.6 is 0 Å². The number of hydrogen-bond acceptors (Lipinski definition) is 5. The molecule has 0 spiro atoms. The SMILES string of the molecule is Cc1cccc(NC(=O)CN(CC2CCCO2)S(=O)(=O)c2cccc(C#N)c2)c1C. The molecule has 1 heterocycles. The molecule has 0 aromatic heterocycles. The summed E-state index contributed by atoms with van der Waals surface area (Å²) in [6.07, 6.45) is 1.34. The van der Waals surface area contributed by atoms with Gasteiger partial charge in [-0.3, -0.25) is 4.79 Å². The van der Waals surface area contributed by atoms with Crippen LogP contribution in [-0.2, 0) is 19.6 Å². The average Bonchev–Trinajstić information content (AvgIpc) is 3.24. The van der Waals surface area contributed by atoms with Crippen LogP contribution in [0.25, 0.3) is 0 Å². The fourth-order valence-corrected chi connectivity index (χ4v) is 4.85. The largest absolute Gasteiger partial charge is 0.377 e. The van der Waals surface area contributed by atoms with Crippen molar-refractivity contribution in [1.29, 1.82) is 5.26 Å². The van der Waals surface area contributed by atoms with E-state index >= 15 is 0 Å². The van der Waals surface area contributed by atoms with Crippen LogP contribution in [-0.4, -0.2) is 44.4 Å². The molecule has 3 rings (SSSR count). The second kappa shape index (κ2) is 9.39. The molecule has 1 aliphatic heterocycles. The van der Waals surface area contributed by atoms with Crippen molar-refractivity contribution in [2.24, 2.45) is 0 Å². The third-order valence-corrected chi connectivity index (χ3v) is 7.04. The monoisotopic (exact) mass is 427 g/mol. The Hall–Kier alpha value is -2.73. The molecule has 2 aromatic carbocycles. The molecular weight excluding hydrogens is 402 g/mol. The predicted octanol–water partition coefficient (Wildman–Crippen LogP) is 2.98. The highest BCUT2D eigenvalue weighted by Gasteiger charge is 2.31. The minimum atomic E-state index is -3.99. The molecule has 1 unspecified atom stereocenters. The van der Waals surface area contributed by atoms with Crippen LogP contribution < -0.4 is 5.32 Å². The highest BCUT2D eigenvalue weighted by atomic mass is 32.2. The highest BCUT2D eigenvalue weighted by Crippen LogP contribution is 2.22. The van der Waals surface area contributed by atoms with E-state index in [1.165, 1.54) is 24.3 Å². The van der Waals surface area contributed by atoms with Gasteiger partial charge in [-0.2, -0.15) is 9.57 Å². The summed E-state index contributed by atoms with van der Waals surface area (Å²) in [4.78, 5) is 12.7. The second-order valence-electron chi connectivity index (χ2n) is 7.37. The first kappa shape index (κ1) is 22.0. The zero-order valence-electron chi connectivity index (χ0n) is 17.1. The van der Waals surface area contributed by atoms with E-state index in [2.05, 4.69) is 5.32 Å². The van der Waals surface area contributed by atoms with Gasteiger partial charge in [-0.05, 0) is 62.1 Å². The Bertz CT molecular complexity index is 1070. The Kier molecular flexibility index (Phi) is 6.87. The van der Waals surface area contributed by atoms with Crippen molar-refractivity contribution >= 4 is 21.6 Å². The Morgan fingerprint density at radius 1 is 1.27 bits per heavy atom. The third kappa shape index (κ3) is 5.05. The molecule has 1 saturated heterocycles. The van der Waals surface area contributed by atoms with Crippen LogP contribution in [0.5, 0.6) is 0 Å². The Labute approximate surface area is 177 Å². The van der Waals surface area contributed by atoms with Gasteiger partial charge in [0.05, 0.1) is 29.2 Å². The molecule has 1 N–H and O–H groups in total. The van der Waals surface area contributed by atoms with Crippen molar-refractivity contribution in [2.75, 3.05) is 25.0 Å². The summed E-state index contributed by atoms with van der Waals surface area (Å²) < 4.78 is 33.3. The predicted molar refractivity (Wildman–Crippen MR) is 113 cm³/mol. The topological polar surface area (TPSA) is 99.5 Å². The number of amides is 1.